The van der Waals surface area contributed by atoms with Gasteiger partial charge in [0.15, 0.2) is 11.5 Å². The van der Waals surface area contributed by atoms with Gasteiger partial charge in [-0.3, -0.25) is 9.48 Å². The summed E-state index contributed by atoms with van der Waals surface area (Å²) in [4.78, 5) is 12.6. The molecule has 1 aromatic heterocycles. The second-order valence-electron chi connectivity index (χ2n) is 6.39. The average molecular weight is 339 g/mol. The molecule has 3 N–H and O–H groups in total. The lowest BCUT2D eigenvalue weighted by molar-refractivity contribution is 0.102. The molecule has 0 aliphatic rings. The Hall–Kier alpha value is -3.02. The van der Waals surface area contributed by atoms with E-state index in [0.29, 0.717) is 11.1 Å². The first-order valence-corrected chi connectivity index (χ1v) is 8.10. The van der Waals surface area contributed by atoms with Gasteiger partial charge in [-0.2, -0.15) is 5.10 Å². The number of benzene rings is 2. The van der Waals surface area contributed by atoms with Crippen molar-refractivity contribution in [2.45, 2.75) is 26.7 Å². The maximum absolute atomic E-state index is 12.6. The van der Waals surface area contributed by atoms with Gasteiger partial charge in [0.05, 0.1) is 11.4 Å². The minimum atomic E-state index is -0.349. The largest absolute Gasteiger partial charge is 0.503 e. The van der Waals surface area contributed by atoms with E-state index >= 15 is 0 Å². The van der Waals surface area contributed by atoms with Crippen LogP contribution < -0.4 is 5.32 Å². The number of nitrogens with zero attached hydrogens (tertiary/aromatic N) is 2. The monoisotopic (exact) mass is 339 g/mol. The van der Waals surface area contributed by atoms with E-state index in [-0.39, 0.29) is 29.0 Å². The van der Waals surface area contributed by atoms with Crippen LogP contribution in [0.1, 0.15) is 41.4 Å². The highest BCUT2D eigenvalue weighted by Gasteiger charge is 2.26. The lowest BCUT2D eigenvalue weighted by Crippen LogP contribution is -2.14. The van der Waals surface area contributed by atoms with E-state index in [0.717, 1.165) is 16.6 Å². The summed E-state index contributed by atoms with van der Waals surface area (Å²) in [6, 6.07) is 8.74. The lowest BCUT2D eigenvalue weighted by atomic mass is 9.94. The molecular formula is C19H21N3O3. The number of aromatic nitrogens is 2. The third-order valence-electron chi connectivity index (χ3n) is 4.30. The number of anilines is 1. The molecule has 2 aromatic carbocycles. The summed E-state index contributed by atoms with van der Waals surface area (Å²) in [5.41, 5.74) is 2.63. The van der Waals surface area contributed by atoms with Gasteiger partial charge in [0.25, 0.3) is 5.91 Å². The first-order chi connectivity index (χ1) is 11.8. The van der Waals surface area contributed by atoms with Crippen LogP contribution in [0.25, 0.3) is 10.9 Å². The van der Waals surface area contributed by atoms with Crippen molar-refractivity contribution in [3.8, 4) is 11.5 Å². The number of phenols is 2. The number of rotatable bonds is 3. The molecule has 0 atom stereocenters. The van der Waals surface area contributed by atoms with E-state index in [2.05, 4.69) is 10.4 Å². The van der Waals surface area contributed by atoms with Gasteiger partial charge < -0.3 is 15.5 Å². The number of carbonyl (C=O) groups is 1. The van der Waals surface area contributed by atoms with Gasteiger partial charge in [0, 0.05) is 18.0 Å². The lowest BCUT2D eigenvalue weighted by Gasteiger charge is -2.18. The zero-order chi connectivity index (χ0) is 18.3. The molecule has 1 amide bonds. The number of phenolic OH excluding ortho intramolecular Hbond substituents is 2. The average Bonchev–Trinajstić information content (AvgIpc) is 2.87. The Bertz CT molecular complexity index is 959. The number of carbonyl (C=O) groups excluding carboxylic acids is 1. The summed E-state index contributed by atoms with van der Waals surface area (Å²) < 4.78 is 1.54. The van der Waals surface area contributed by atoms with Crippen molar-refractivity contribution in [1.82, 2.24) is 9.78 Å². The minimum Gasteiger partial charge on any atom is -0.503 e. The van der Waals surface area contributed by atoms with Crippen LogP contribution in [0.4, 0.5) is 5.69 Å². The highest BCUT2D eigenvalue weighted by atomic mass is 16.3. The van der Waals surface area contributed by atoms with Gasteiger partial charge in [0.1, 0.15) is 5.52 Å². The third kappa shape index (κ3) is 2.69. The first kappa shape index (κ1) is 16.8. The van der Waals surface area contributed by atoms with E-state index in [9.17, 15) is 15.0 Å². The fourth-order valence-corrected chi connectivity index (χ4v) is 3.21. The molecule has 0 saturated heterocycles. The molecule has 0 spiro atoms. The van der Waals surface area contributed by atoms with Gasteiger partial charge in [-0.1, -0.05) is 32.0 Å². The summed E-state index contributed by atoms with van der Waals surface area (Å²) in [7, 11) is 1.71. The Morgan fingerprint density at radius 3 is 2.40 bits per heavy atom. The molecular weight excluding hydrogens is 318 g/mol. The SMILES string of the molecule is Cc1nn(C)c2c(O)c(O)c(NC(=O)c3ccccc3)c(C(C)C)c12. The molecule has 0 aliphatic carbocycles. The van der Waals surface area contributed by atoms with Gasteiger partial charge in [0.2, 0.25) is 0 Å². The minimum absolute atomic E-state index is 0.00275. The van der Waals surface area contributed by atoms with Crippen LogP contribution in [-0.4, -0.2) is 25.9 Å². The number of aromatic hydroxyl groups is 2. The molecule has 0 saturated carbocycles. The number of nitrogens with one attached hydrogen (secondary N) is 1. The number of fused-ring (bicyclic) bond motifs is 1. The van der Waals surface area contributed by atoms with Crippen LogP contribution >= 0.6 is 0 Å². The van der Waals surface area contributed by atoms with E-state index in [1.54, 1.807) is 31.3 Å². The number of aryl methyl sites for hydroxylation is 2. The van der Waals surface area contributed by atoms with Crippen LogP contribution in [0.15, 0.2) is 30.3 Å². The summed E-state index contributed by atoms with van der Waals surface area (Å²) in [5, 5.41) is 28.9. The van der Waals surface area contributed by atoms with Gasteiger partial charge in [-0.05, 0) is 30.5 Å². The Balaban J connectivity index is 2.24. The standard InChI is InChI=1S/C19H21N3O3/c1-10(2)13-14-11(3)21-22(4)16(14)18(24)17(23)15(13)20-19(25)12-8-6-5-7-9-12/h5-10,23-24H,1-4H3,(H,20,25). The molecule has 0 unspecified atom stereocenters. The van der Waals surface area contributed by atoms with E-state index in [1.165, 1.54) is 4.68 Å². The molecule has 0 bridgehead atoms. The summed E-state index contributed by atoms with van der Waals surface area (Å²) in [6.45, 7) is 5.78. The van der Waals surface area contributed by atoms with Crippen molar-refractivity contribution in [3.05, 3.63) is 47.2 Å². The second kappa shape index (κ2) is 6.12. The van der Waals surface area contributed by atoms with E-state index in [1.807, 2.05) is 26.8 Å². The highest BCUT2D eigenvalue weighted by Crippen LogP contribution is 2.47. The molecule has 3 rings (SSSR count). The van der Waals surface area contributed by atoms with Crippen molar-refractivity contribution >= 4 is 22.5 Å². The van der Waals surface area contributed by atoms with Crippen molar-refractivity contribution in [2.24, 2.45) is 7.05 Å². The summed E-state index contributed by atoms with van der Waals surface area (Å²) >= 11 is 0. The zero-order valence-corrected chi connectivity index (χ0v) is 14.7. The van der Waals surface area contributed by atoms with Crippen molar-refractivity contribution in [1.29, 1.82) is 0 Å². The van der Waals surface area contributed by atoms with Crippen molar-refractivity contribution < 1.29 is 15.0 Å². The van der Waals surface area contributed by atoms with Crippen LogP contribution in [-0.2, 0) is 7.05 Å². The second-order valence-corrected chi connectivity index (χ2v) is 6.39. The fourth-order valence-electron chi connectivity index (χ4n) is 3.21. The van der Waals surface area contributed by atoms with Gasteiger partial charge in [-0.15, -0.1) is 0 Å². The maximum atomic E-state index is 12.6. The van der Waals surface area contributed by atoms with Crippen molar-refractivity contribution in [3.63, 3.8) is 0 Å². The zero-order valence-electron chi connectivity index (χ0n) is 14.7. The van der Waals surface area contributed by atoms with Crippen molar-refractivity contribution in [2.75, 3.05) is 5.32 Å². The van der Waals surface area contributed by atoms with E-state index in [4.69, 9.17) is 0 Å². The molecule has 130 valence electrons. The molecule has 3 aromatic rings. The smallest absolute Gasteiger partial charge is 0.255 e. The van der Waals surface area contributed by atoms with Crippen LogP contribution in [0.3, 0.4) is 0 Å². The summed E-state index contributed by atoms with van der Waals surface area (Å²) in [6.07, 6.45) is 0. The normalized spacial score (nSPS) is 11.2. The van der Waals surface area contributed by atoms with Crippen LogP contribution in [0.2, 0.25) is 0 Å². The number of hydrogen-bond acceptors (Lipinski definition) is 4. The predicted molar refractivity (Wildman–Crippen MR) is 97.3 cm³/mol. The number of hydrogen-bond donors (Lipinski definition) is 3. The first-order valence-electron chi connectivity index (χ1n) is 8.10. The molecule has 0 fully saturated rings. The molecule has 6 nitrogen and oxygen atoms in total. The Kier molecular flexibility index (Phi) is 4.12. The van der Waals surface area contributed by atoms with Gasteiger partial charge in [-0.25, -0.2) is 0 Å². The highest BCUT2D eigenvalue weighted by molar-refractivity contribution is 6.09. The van der Waals surface area contributed by atoms with E-state index < -0.39 is 0 Å². The van der Waals surface area contributed by atoms with Crippen LogP contribution in [0.5, 0.6) is 11.5 Å². The quantitative estimate of drug-likeness (QED) is 0.635. The fraction of sp³-hybridized carbons (Fsp3) is 0.263. The molecule has 1 heterocycles. The number of amides is 1. The predicted octanol–water partition coefficient (Wildman–Crippen LogP) is 3.67. The molecule has 0 radical (unpaired) electrons. The Morgan fingerprint density at radius 2 is 1.80 bits per heavy atom. The summed E-state index contributed by atoms with van der Waals surface area (Å²) in [5.74, 6) is -0.976. The Labute approximate surface area is 145 Å². The maximum Gasteiger partial charge on any atom is 0.255 e. The topological polar surface area (TPSA) is 87.4 Å². The molecule has 0 aliphatic heterocycles. The molecule has 25 heavy (non-hydrogen) atoms. The van der Waals surface area contributed by atoms with Crippen LogP contribution in [0, 0.1) is 6.92 Å². The molecule has 6 heteroatoms. The third-order valence-corrected chi connectivity index (χ3v) is 4.30. The Morgan fingerprint density at radius 1 is 1.16 bits per heavy atom. The van der Waals surface area contributed by atoms with Gasteiger partial charge >= 0.3 is 0 Å².